The lowest BCUT2D eigenvalue weighted by molar-refractivity contribution is -0.104. The predicted octanol–water partition coefficient (Wildman–Crippen LogP) is 2.43. The third-order valence-electron chi connectivity index (χ3n) is 5.64. The van der Waals surface area contributed by atoms with Crippen LogP contribution in [-0.2, 0) is 15.9 Å². The number of imidazole rings is 1. The Morgan fingerprint density at radius 2 is 2.00 bits per heavy atom. The molecule has 1 amide bonds. The number of ether oxygens (including phenoxy) is 2. The van der Waals surface area contributed by atoms with Crippen molar-refractivity contribution in [2.24, 2.45) is 0 Å². The quantitative estimate of drug-likeness (QED) is 0.761. The number of fused-ring (bicyclic) bond motifs is 1. The molecule has 0 radical (unpaired) electrons. The Hall–Kier alpha value is -3.01. The second-order valence-corrected chi connectivity index (χ2v) is 7.54. The number of carbonyl (C=O) groups is 1. The Labute approximate surface area is 171 Å². The number of halogens is 2. The van der Waals surface area contributed by atoms with Crippen LogP contribution < -0.4 is 4.90 Å². The highest BCUT2D eigenvalue weighted by Crippen LogP contribution is 2.36. The van der Waals surface area contributed by atoms with Crippen molar-refractivity contribution in [3.8, 4) is 0 Å². The van der Waals surface area contributed by atoms with Gasteiger partial charge in [-0.2, -0.15) is 8.78 Å². The molecule has 2 aliphatic heterocycles. The summed E-state index contributed by atoms with van der Waals surface area (Å²) in [5.74, 6) is 0. The number of piperazine rings is 1. The molecule has 0 aromatic carbocycles. The average Bonchev–Trinajstić information content (AvgIpc) is 3.37. The lowest BCUT2D eigenvalue weighted by atomic mass is 10.1. The van der Waals surface area contributed by atoms with Crippen LogP contribution >= 0.6 is 0 Å². The fourth-order valence-corrected chi connectivity index (χ4v) is 3.89. The molecule has 2 fully saturated rings. The number of hydrogen-bond acceptors (Lipinski definition) is 6. The number of hydrogen-bond donors (Lipinski definition) is 0. The molecule has 1 aliphatic carbocycles. The van der Waals surface area contributed by atoms with Crippen molar-refractivity contribution >= 4 is 23.4 Å². The average molecular weight is 417 g/mol. The number of pyridine rings is 1. The van der Waals surface area contributed by atoms with E-state index in [1.165, 1.54) is 6.20 Å². The molecule has 0 saturated carbocycles. The van der Waals surface area contributed by atoms with E-state index in [0.717, 1.165) is 33.4 Å². The topological polar surface area (TPSA) is 72.7 Å². The van der Waals surface area contributed by atoms with Crippen LogP contribution in [0, 0.1) is 0 Å². The number of nitrogens with zero attached hydrogens (tertiary/aromatic N) is 5. The summed E-state index contributed by atoms with van der Waals surface area (Å²) in [7, 11) is 0. The Bertz CT molecular complexity index is 981. The van der Waals surface area contributed by atoms with Crippen LogP contribution in [0.25, 0.3) is 11.6 Å². The third-order valence-corrected chi connectivity index (χ3v) is 5.64. The van der Waals surface area contributed by atoms with Crippen molar-refractivity contribution in [1.82, 2.24) is 19.4 Å². The maximum atomic E-state index is 12.9. The van der Waals surface area contributed by atoms with E-state index < -0.39 is 6.55 Å². The van der Waals surface area contributed by atoms with Crippen molar-refractivity contribution in [2.75, 3.05) is 44.3 Å². The maximum absolute atomic E-state index is 12.9. The van der Waals surface area contributed by atoms with E-state index in [2.05, 4.69) is 14.9 Å². The van der Waals surface area contributed by atoms with Gasteiger partial charge in [-0.1, -0.05) is 0 Å². The van der Waals surface area contributed by atoms with E-state index in [1.807, 2.05) is 12.1 Å². The van der Waals surface area contributed by atoms with Crippen LogP contribution in [0.1, 0.15) is 23.5 Å². The number of amides is 1. The highest BCUT2D eigenvalue weighted by atomic mass is 19.3. The van der Waals surface area contributed by atoms with Crippen molar-refractivity contribution in [3.63, 3.8) is 0 Å². The molecule has 158 valence electrons. The summed E-state index contributed by atoms with van der Waals surface area (Å²) in [5.41, 5.74) is 4.33. The second-order valence-electron chi connectivity index (χ2n) is 7.54. The summed E-state index contributed by atoms with van der Waals surface area (Å²) >= 11 is 0. The number of carbonyl (C=O) groups excluding carboxylic acids is 1. The molecule has 10 heteroatoms. The standard InChI is InChI=1S/C20H21F2N5O3/c21-19(22)27-9-17(24-12-27)13-7-15-16(8-13)23-2-1-18(15)25-3-5-26(6-4-25)20(28)30-14-10-29-11-14/h1-2,7,9,12,14,19H,3-6,8,10-11H2. The first-order chi connectivity index (χ1) is 14.6. The molecule has 0 unspecified atom stereocenters. The van der Waals surface area contributed by atoms with Crippen LogP contribution in [0.3, 0.4) is 0 Å². The number of alkyl halides is 2. The Morgan fingerprint density at radius 1 is 1.20 bits per heavy atom. The van der Waals surface area contributed by atoms with Gasteiger partial charge in [-0.05, 0) is 17.7 Å². The zero-order valence-corrected chi connectivity index (χ0v) is 16.2. The summed E-state index contributed by atoms with van der Waals surface area (Å²) in [6.45, 7) is 0.825. The van der Waals surface area contributed by atoms with E-state index in [0.29, 0.717) is 51.5 Å². The monoisotopic (exact) mass is 417 g/mol. The van der Waals surface area contributed by atoms with Gasteiger partial charge in [0.2, 0.25) is 0 Å². The molecule has 0 atom stereocenters. The van der Waals surface area contributed by atoms with Gasteiger partial charge in [0.05, 0.1) is 30.9 Å². The fourth-order valence-electron chi connectivity index (χ4n) is 3.89. The SMILES string of the molecule is O=C(OC1COC1)N1CCN(c2ccnc3c2C=C(c2cn(C(F)F)cn2)C3)CC1. The van der Waals surface area contributed by atoms with Crippen LogP contribution in [-0.4, -0.2) is 71.0 Å². The number of rotatable bonds is 4. The van der Waals surface area contributed by atoms with E-state index in [-0.39, 0.29) is 12.2 Å². The summed E-state index contributed by atoms with van der Waals surface area (Å²) in [5, 5.41) is 0. The van der Waals surface area contributed by atoms with Crippen LogP contribution in [0.4, 0.5) is 19.3 Å². The maximum Gasteiger partial charge on any atom is 0.410 e. The first kappa shape index (κ1) is 19.0. The van der Waals surface area contributed by atoms with Crippen molar-refractivity contribution < 1.29 is 23.0 Å². The molecule has 3 aliphatic rings. The van der Waals surface area contributed by atoms with E-state index >= 15 is 0 Å². The van der Waals surface area contributed by atoms with Gasteiger partial charge in [0, 0.05) is 56.2 Å². The second kappa shape index (κ2) is 7.67. The van der Waals surface area contributed by atoms with Gasteiger partial charge >= 0.3 is 12.6 Å². The van der Waals surface area contributed by atoms with Crippen molar-refractivity contribution in [2.45, 2.75) is 19.1 Å². The minimum Gasteiger partial charge on any atom is -0.441 e. The number of aromatic nitrogens is 3. The molecule has 2 saturated heterocycles. The lowest BCUT2D eigenvalue weighted by Crippen LogP contribution is -2.51. The zero-order chi connectivity index (χ0) is 20.7. The molecule has 5 rings (SSSR count). The van der Waals surface area contributed by atoms with Gasteiger partial charge in [0.15, 0.2) is 6.10 Å². The summed E-state index contributed by atoms with van der Waals surface area (Å²) in [6.07, 6.45) is 6.38. The highest BCUT2D eigenvalue weighted by molar-refractivity contribution is 5.91. The van der Waals surface area contributed by atoms with Gasteiger partial charge in [-0.3, -0.25) is 9.55 Å². The first-order valence-electron chi connectivity index (χ1n) is 9.87. The fraction of sp³-hybridized carbons (Fsp3) is 0.450. The van der Waals surface area contributed by atoms with Crippen molar-refractivity contribution in [3.05, 3.63) is 41.7 Å². The van der Waals surface area contributed by atoms with Gasteiger partial charge in [0.25, 0.3) is 0 Å². The third kappa shape index (κ3) is 3.51. The van der Waals surface area contributed by atoms with Gasteiger partial charge < -0.3 is 19.3 Å². The Kier molecular flexibility index (Phi) is 4.86. The van der Waals surface area contributed by atoms with Crippen LogP contribution in [0.15, 0.2) is 24.8 Å². The van der Waals surface area contributed by atoms with E-state index in [4.69, 9.17) is 9.47 Å². The zero-order valence-electron chi connectivity index (χ0n) is 16.2. The van der Waals surface area contributed by atoms with Gasteiger partial charge in [0.1, 0.15) is 0 Å². The summed E-state index contributed by atoms with van der Waals surface area (Å²) in [6, 6.07) is 1.95. The van der Waals surface area contributed by atoms with Gasteiger partial charge in [-0.15, -0.1) is 0 Å². The molecular formula is C20H21F2N5O3. The molecule has 0 N–H and O–H groups in total. The molecule has 4 heterocycles. The van der Waals surface area contributed by atoms with Crippen LogP contribution in [0.5, 0.6) is 0 Å². The Balaban J connectivity index is 1.29. The lowest BCUT2D eigenvalue weighted by Gasteiger charge is -2.37. The minimum atomic E-state index is -2.61. The molecule has 8 nitrogen and oxygen atoms in total. The molecule has 0 spiro atoms. The highest BCUT2D eigenvalue weighted by Gasteiger charge is 2.29. The number of anilines is 1. The van der Waals surface area contributed by atoms with Gasteiger partial charge in [-0.25, -0.2) is 9.78 Å². The number of allylic oxidation sites excluding steroid dienone is 1. The molecule has 30 heavy (non-hydrogen) atoms. The first-order valence-corrected chi connectivity index (χ1v) is 9.87. The van der Waals surface area contributed by atoms with E-state index in [9.17, 15) is 13.6 Å². The summed E-state index contributed by atoms with van der Waals surface area (Å²) < 4.78 is 36.9. The molecule has 2 aromatic rings. The predicted molar refractivity (Wildman–Crippen MR) is 104 cm³/mol. The largest absolute Gasteiger partial charge is 0.441 e. The molecular weight excluding hydrogens is 396 g/mol. The normalized spacial score (nSPS) is 19.0. The smallest absolute Gasteiger partial charge is 0.410 e. The van der Waals surface area contributed by atoms with E-state index in [1.54, 1.807) is 11.1 Å². The Morgan fingerprint density at radius 3 is 2.67 bits per heavy atom. The van der Waals surface area contributed by atoms with Crippen LogP contribution in [0.2, 0.25) is 0 Å². The van der Waals surface area contributed by atoms with Crippen molar-refractivity contribution in [1.29, 1.82) is 0 Å². The molecule has 0 bridgehead atoms. The minimum absolute atomic E-state index is 0.129. The summed E-state index contributed by atoms with van der Waals surface area (Å²) in [4.78, 5) is 24.7. The molecule has 2 aromatic heterocycles.